The van der Waals surface area contributed by atoms with E-state index in [1.807, 2.05) is 43.3 Å². The molecule has 0 amide bonds. The van der Waals surface area contributed by atoms with E-state index in [0.29, 0.717) is 45.9 Å². The Morgan fingerprint density at radius 3 is 2.45 bits per heavy atom. The maximum Gasteiger partial charge on any atom is 0.363 e. The zero-order valence-corrected chi connectivity index (χ0v) is 20.6. The molecule has 0 saturated heterocycles. The smallest absolute Gasteiger partial charge is 0.363 e. The van der Waals surface area contributed by atoms with E-state index in [1.165, 1.54) is 0 Å². The minimum atomic E-state index is -0.537. The molecule has 0 bridgehead atoms. The molecule has 5 nitrogen and oxygen atoms in total. The highest BCUT2D eigenvalue weighted by atomic mass is 79.9. The van der Waals surface area contributed by atoms with Crippen LogP contribution in [0, 0.1) is 0 Å². The molecular formula is C25H18BrCl2NO4. The van der Waals surface area contributed by atoms with Crippen LogP contribution in [0.1, 0.15) is 23.6 Å². The number of carbonyl (C=O) groups is 1. The van der Waals surface area contributed by atoms with Crippen molar-refractivity contribution in [2.75, 3.05) is 6.61 Å². The molecule has 4 rings (SSSR count). The van der Waals surface area contributed by atoms with Gasteiger partial charge in [0.15, 0.2) is 17.2 Å². The number of hydrogen-bond donors (Lipinski definition) is 0. The van der Waals surface area contributed by atoms with Crippen LogP contribution < -0.4 is 9.47 Å². The average molecular weight is 547 g/mol. The van der Waals surface area contributed by atoms with Crippen LogP contribution in [-0.4, -0.2) is 18.5 Å². The molecule has 0 aliphatic carbocycles. The molecule has 3 aromatic rings. The van der Waals surface area contributed by atoms with Gasteiger partial charge in [0.1, 0.15) is 6.61 Å². The molecular weight excluding hydrogens is 529 g/mol. The predicted molar refractivity (Wildman–Crippen MR) is 133 cm³/mol. The lowest BCUT2D eigenvalue weighted by molar-refractivity contribution is -0.129. The zero-order chi connectivity index (χ0) is 23.4. The first kappa shape index (κ1) is 23.4. The quantitative estimate of drug-likeness (QED) is 0.235. The maximum absolute atomic E-state index is 12.4. The van der Waals surface area contributed by atoms with Gasteiger partial charge in [-0.1, -0.05) is 51.3 Å². The Labute approximate surface area is 209 Å². The van der Waals surface area contributed by atoms with Crippen molar-refractivity contribution < 1.29 is 19.0 Å². The normalized spacial score (nSPS) is 14.2. The molecule has 33 heavy (non-hydrogen) atoms. The first-order valence-corrected chi connectivity index (χ1v) is 11.6. The number of hydrogen-bond acceptors (Lipinski definition) is 5. The number of cyclic esters (lactones) is 1. The monoisotopic (exact) mass is 545 g/mol. The molecule has 1 aliphatic rings. The van der Waals surface area contributed by atoms with Gasteiger partial charge in [-0.05, 0) is 72.7 Å². The molecule has 168 valence electrons. The molecule has 0 radical (unpaired) electrons. The van der Waals surface area contributed by atoms with Crippen LogP contribution in [0.25, 0.3) is 6.08 Å². The van der Waals surface area contributed by atoms with Crippen molar-refractivity contribution in [3.8, 4) is 11.5 Å². The Hall–Kier alpha value is -2.80. The molecule has 0 saturated carbocycles. The third-order valence-electron chi connectivity index (χ3n) is 4.64. The van der Waals surface area contributed by atoms with Crippen LogP contribution in [0.4, 0.5) is 0 Å². The van der Waals surface area contributed by atoms with Gasteiger partial charge < -0.3 is 14.2 Å². The molecule has 0 fully saturated rings. The standard InChI is InChI=1S/C25H18BrCl2NO4/c1-2-31-22-13-16(11-20(28)23(22)32-14-15-3-9-19(27)10-4-15)12-21-25(30)33-24(29-21)17-5-7-18(26)8-6-17/h3-13H,2,14H2,1H3/b21-12-. The highest BCUT2D eigenvalue weighted by molar-refractivity contribution is 9.10. The lowest BCUT2D eigenvalue weighted by Crippen LogP contribution is -2.05. The van der Waals surface area contributed by atoms with Crippen molar-refractivity contribution in [2.24, 2.45) is 4.99 Å². The van der Waals surface area contributed by atoms with Crippen molar-refractivity contribution >= 4 is 57.1 Å². The fourth-order valence-electron chi connectivity index (χ4n) is 3.09. The number of esters is 1. The Bertz CT molecular complexity index is 1240. The first-order chi connectivity index (χ1) is 15.9. The van der Waals surface area contributed by atoms with Crippen molar-refractivity contribution in [1.82, 2.24) is 0 Å². The van der Waals surface area contributed by atoms with Crippen LogP contribution in [0.15, 0.2) is 75.8 Å². The van der Waals surface area contributed by atoms with E-state index in [-0.39, 0.29) is 11.6 Å². The molecule has 0 spiro atoms. The minimum Gasteiger partial charge on any atom is -0.490 e. The summed E-state index contributed by atoms with van der Waals surface area (Å²) in [6.45, 7) is 2.58. The number of benzene rings is 3. The Morgan fingerprint density at radius 1 is 1.03 bits per heavy atom. The van der Waals surface area contributed by atoms with E-state index in [9.17, 15) is 4.79 Å². The highest BCUT2D eigenvalue weighted by Crippen LogP contribution is 2.38. The van der Waals surface area contributed by atoms with Gasteiger partial charge in [-0.3, -0.25) is 0 Å². The van der Waals surface area contributed by atoms with Gasteiger partial charge in [-0.15, -0.1) is 0 Å². The average Bonchev–Trinajstić information content (AvgIpc) is 3.15. The van der Waals surface area contributed by atoms with Crippen LogP contribution in [-0.2, 0) is 16.1 Å². The first-order valence-electron chi connectivity index (χ1n) is 10.0. The molecule has 0 atom stereocenters. The fourth-order valence-corrected chi connectivity index (χ4v) is 3.76. The summed E-state index contributed by atoms with van der Waals surface area (Å²) in [5.41, 5.74) is 2.44. The summed E-state index contributed by atoms with van der Waals surface area (Å²) < 4.78 is 17.9. The van der Waals surface area contributed by atoms with Gasteiger partial charge in [0.2, 0.25) is 5.90 Å². The summed E-state index contributed by atoms with van der Waals surface area (Å²) in [5.74, 6) is 0.598. The van der Waals surface area contributed by atoms with Crippen LogP contribution in [0.5, 0.6) is 11.5 Å². The van der Waals surface area contributed by atoms with Gasteiger partial charge in [-0.2, -0.15) is 0 Å². The zero-order valence-electron chi connectivity index (χ0n) is 17.5. The van der Waals surface area contributed by atoms with E-state index in [1.54, 1.807) is 30.3 Å². The number of carbonyl (C=O) groups excluding carboxylic acids is 1. The number of rotatable bonds is 7. The largest absolute Gasteiger partial charge is 0.490 e. The van der Waals surface area contributed by atoms with Gasteiger partial charge in [-0.25, -0.2) is 9.79 Å². The fraction of sp³-hybridized carbons (Fsp3) is 0.120. The Kier molecular flexibility index (Phi) is 7.38. The van der Waals surface area contributed by atoms with Crippen LogP contribution >= 0.6 is 39.1 Å². The lowest BCUT2D eigenvalue weighted by atomic mass is 10.1. The van der Waals surface area contributed by atoms with E-state index in [0.717, 1.165) is 10.0 Å². The SMILES string of the molecule is CCOc1cc(/C=C2\N=C(c3ccc(Br)cc3)OC2=O)cc(Cl)c1OCc1ccc(Cl)cc1. The topological polar surface area (TPSA) is 57.1 Å². The van der Waals surface area contributed by atoms with Crippen molar-refractivity contribution in [1.29, 1.82) is 0 Å². The molecule has 8 heteroatoms. The minimum absolute atomic E-state index is 0.168. The van der Waals surface area contributed by atoms with Crippen molar-refractivity contribution in [2.45, 2.75) is 13.5 Å². The molecule has 1 aliphatic heterocycles. The summed E-state index contributed by atoms with van der Waals surface area (Å²) >= 11 is 15.8. The predicted octanol–water partition coefficient (Wildman–Crippen LogP) is 7.08. The summed E-state index contributed by atoms with van der Waals surface area (Å²) in [6.07, 6.45) is 1.60. The Balaban J connectivity index is 1.60. The summed E-state index contributed by atoms with van der Waals surface area (Å²) in [6, 6.07) is 18.1. The third kappa shape index (κ3) is 5.77. The van der Waals surface area contributed by atoms with E-state index < -0.39 is 5.97 Å². The van der Waals surface area contributed by atoms with Crippen LogP contribution in [0.3, 0.4) is 0 Å². The Morgan fingerprint density at radius 2 is 1.76 bits per heavy atom. The highest BCUT2D eigenvalue weighted by Gasteiger charge is 2.24. The summed E-state index contributed by atoms with van der Waals surface area (Å²) in [7, 11) is 0. The van der Waals surface area contributed by atoms with Gasteiger partial charge >= 0.3 is 5.97 Å². The molecule has 1 heterocycles. The van der Waals surface area contributed by atoms with E-state index in [2.05, 4.69) is 20.9 Å². The van der Waals surface area contributed by atoms with Crippen molar-refractivity contribution in [3.05, 3.63) is 97.6 Å². The summed E-state index contributed by atoms with van der Waals surface area (Å²) in [5, 5.41) is 1.01. The van der Waals surface area contributed by atoms with Crippen LogP contribution in [0.2, 0.25) is 10.0 Å². The second-order valence-corrected chi connectivity index (χ2v) is 8.78. The van der Waals surface area contributed by atoms with Gasteiger partial charge in [0, 0.05) is 15.1 Å². The van der Waals surface area contributed by atoms with Crippen molar-refractivity contribution in [3.63, 3.8) is 0 Å². The van der Waals surface area contributed by atoms with Gasteiger partial charge in [0.25, 0.3) is 0 Å². The number of halogens is 3. The van der Waals surface area contributed by atoms with E-state index in [4.69, 9.17) is 37.4 Å². The molecule has 0 aromatic heterocycles. The van der Waals surface area contributed by atoms with E-state index >= 15 is 0 Å². The van der Waals surface area contributed by atoms with Gasteiger partial charge in [0.05, 0.1) is 11.6 Å². The molecule has 0 unspecified atom stereocenters. The number of aliphatic imine (C=N–C) groups is 1. The number of nitrogens with zero attached hydrogens (tertiary/aromatic N) is 1. The lowest BCUT2D eigenvalue weighted by Gasteiger charge is -2.14. The maximum atomic E-state index is 12.4. The molecule has 0 N–H and O–H groups in total. The summed E-state index contributed by atoms with van der Waals surface area (Å²) in [4.78, 5) is 16.7. The second kappa shape index (κ2) is 10.4. The molecule has 3 aromatic carbocycles. The third-order valence-corrected chi connectivity index (χ3v) is 5.70. The second-order valence-electron chi connectivity index (χ2n) is 7.02. The number of ether oxygens (including phenoxy) is 3.